The monoisotopic (exact) mass is 389 g/mol. The van der Waals surface area contributed by atoms with Gasteiger partial charge in [-0.05, 0) is 52.0 Å². The summed E-state index contributed by atoms with van der Waals surface area (Å²) < 4.78 is 27.9. The predicted octanol–water partition coefficient (Wildman–Crippen LogP) is 3.99. The summed E-state index contributed by atoms with van der Waals surface area (Å²) in [6.07, 6.45) is 0. The van der Waals surface area contributed by atoms with E-state index in [0.717, 1.165) is 5.56 Å². The second kappa shape index (κ2) is 6.48. The molecule has 7 heteroatoms. The summed E-state index contributed by atoms with van der Waals surface area (Å²) in [6, 6.07) is 8.04. The second-order valence-corrected chi connectivity index (χ2v) is 8.39. The molecule has 0 saturated carbocycles. The highest BCUT2D eigenvalue weighted by molar-refractivity contribution is 9.10. The molecule has 0 aliphatic rings. The zero-order valence-electron chi connectivity index (χ0n) is 11.7. The van der Waals surface area contributed by atoms with Gasteiger partial charge in [-0.3, -0.25) is 0 Å². The fourth-order valence-electron chi connectivity index (χ4n) is 2.17. The van der Waals surface area contributed by atoms with Crippen LogP contribution in [0.4, 0.5) is 0 Å². The van der Waals surface area contributed by atoms with E-state index in [2.05, 4.69) is 15.9 Å². The molecule has 0 bridgehead atoms. The van der Waals surface area contributed by atoms with Crippen LogP contribution >= 0.6 is 27.3 Å². The van der Waals surface area contributed by atoms with Crippen molar-refractivity contribution in [3.05, 3.63) is 45.7 Å². The number of nitrogens with zero attached hydrogens (tertiary/aromatic N) is 1. The maximum Gasteiger partial charge on any atom is 0.254 e. The fraction of sp³-hybridized carbons (Fsp3) is 0.286. The van der Waals surface area contributed by atoms with E-state index in [-0.39, 0.29) is 11.8 Å². The van der Waals surface area contributed by atoms with E-state index in [1.807, 2.05) is 13.0 Å². The third kappa shape index (κ3) is 3.31. The van der Waals surface area contributed by atoms with Gasteiger partial charge in [-0.25, -0.2) is 8.42 Å². The molecule has 2 rings (SSSR count). The number of aromatic hydroxyl groups is 1. The highest BCUT2D eigenvalue weighted by Gasteiger charge is 2.31. The summed E-state index contributed by atoms with van der Waals surface area (Å²) in [5, 5.41) is 11.3. The Morgan fingerprint density at radius 3 is 2.62 bits per heavy atom. The second-order valence-electron chi connectivity index (χ2n) is 4.54. The van der Waals surface area contributed by atoms with E-state index < -0.39 is 10.0 Å². The smallest absolute Gasteiger partial charge is 0.254 e. The quantitative estimate of drug-likeness (QED) is 0.840. The molecule has 4 nitrogen and oxygen atoms in total. The standard InChI is InChI=1S/C14H16BrNO3S2/c1-3-16(10(2)11-5-4-6-12(17)9-11)21(18,19)14-13(15)7-8-20-14/h4-10,17H,3H2,1-2H3. The molecule has 2 aromatic rings. The molecule has 0 radical (unpaired) electrons. The molecular weight excluding hydrogens is 374 g/mol. The van der Waals surface area contributed by atoms with E-state index in [1.54, 1.807) is 36.6 Å². The lowest BCUT2D eigenvalue weighted by Gasteiger charge is -2.27. The van der Waals surface area contributed by atoms with Crippen molar-refractivity contribution in [3.8, 4) is 5.75 Å². The van der Waals surface area contributed by atoms with Gasteiger partial charge in [0.25, 0.3) is 10.0 Å². The Kier molecular flexibility index (Phi) is 5.08. The molecule has 0 aliphatic heterocycles. The van der Waals surface area contributed by atoms with Crippen LogP contribution in [-0.2, 0) is 10.0 Å². The van der Waals surface area contributed by atoms with Gasteiger partial charge in [0.1, 0.15) is 9.96 Å². The number of thiophene rings is 1. The minimum atomic E-state index is -3.58. The normalized spacial score (nSPS) is 13.5. The highest BCUT2D eigenvalue weighted by atomic mass is 79.9. The van der Waals surface area contributed by atoms with Crippen molar-refractivity contribution in [2.45, 2.75) is 24.1 Å². The number of phenolic OH excluding ortho intramolecular Hbond substituents is 1. The maximum atomic E-state index is 12.8. The van der Waals surface area contributed by atoms with Crippen LogP contribution in [0.2, 0.25) is 0 Å². The van der Waals surface area contributed by atoms with Crippen LogP contribution in [-0.4, -0.2) is 24.4 Å². The minimum Gasteiger partial charge on any atom is -0.508 e. The van der Waals surface area contributed by atoms with Crippen LogP contribution < -0.4 is 0 Å². The fourth-order valence-corrected chi connectivity index (χ4v) is 6.23. The third-order valence-corrected chi connectivity index (χ3v) is 7.92. The lowest BCUT2D eigenvalue weighted by atomic mass is 10.1. The molecular formula is C14H16BrNO3S2. The summed E-state index contributed by atoms with van der Waals surface area (Å²) in [5.74, 6) is 0.130. The Labute approximate surface area is 137 Å². The molecule has 0 saturated heterocycles. The molecule has 0 fully saturated rings. The van der Waals surface area contributed by atoms with E-state index in [9.17, 15) is 13.5 Å². The third-order valence-electron chi connectivity index (χ3n) is 3.22. The lowest BCUT2D eigenvalue weighted by Crippen LogP contribution is -2.33. The number of hydrogen-bond acceptors (Lipinski definition) is 4. The molecule has 1 atom stereocenters. The Balaban J connectivity index is 2.42. The average molecular weight is 390 g/mol. The van der Waals surface area contributed by atoms with Crippen LogP contribution in [0.3, 0.4) is 0 Å². The molecule has 0 spiro atoms. The zero-order valence-corrected chi connectivity index (χ0v) is 14.9. The lowest BCUT2D eigenvalue weighted by molar-refractivity contribution is 0.356. The molecule has 0 amide bonds. The number of benzene rings is 1. The molecule has 1 heterocycles. The predicted molar refractivity (Wildman–Crippen MR) is 88.1 cm³/mol. The molecule has 1 unspecified atom stereocenters. The first-order chi connectivity index (χ1) is 9.87. The van der Waals surface area contributed by atoms with Crippen molar-refractivity contribution in [1.29, 1.82) is 0 Å². The van der Waals surface area contributed by atoms with E-state index in [0.29, 0.717) is 15.2 Å². The van der Waals surface area contributed by atoms with E-state index in [1.165, 1.54) is 15.6 Å². The van der Waals surface area contributed by atoms with E-state index >= 15 is 0 Å². The van der Waals surface area contributed by atoms with Crippen LogP contribution in [0.1, 0.15) is 25.5 Å². The summed E-state index contributed by atoms with van der Waals surface area (Å²) >= 11 is 4.47. The largest absolute Gasteiger partial charge is 0.508 e. The number of halogens is 1. The Morgan fingerprint density at radius 2 is 2.10 bits per heavy atom. The first-order valence-corrected chi connectivity index (χ1v) is 9.53. The van der Waals surface area contributed by atoms with Crippen LogP contribution in [0, 0.1) is 0 Å². The summed E-state index contributed by atoms with van der Waals surface area (Å²) in [4.78, 5) is 0. The molecule has 0 aliphatic carbocycles. The Morgan fingerprint density at radius 1 is 1.38 bits per heavy atom. The number of sulfonamides is 1. The first-order valence-electron chi connectivity index (χ1n) is 6.41. The zero-order chi connectivity index (χ0) is 15.6. The van der Waals surface area contributed by atoms with Crippen LogP contribution in [0.5, 0.6) is 5.75 Å². The Bertz CT molecular complexity index is 727. The first kappa shape index (κ1) is 16.5. The summed E-state index contributed by atoms with van der Waals surface area (Å²) in [7, 11) is -3.58. The van der Waals surface area contributed by atoms with Crippen LogP contribution in [0.25, 0.3) is 0 Å². The molecule has 1 aromatic carbocycles. The van der Waals surface area contributed by atoms with E-state index in [4.69, 9.17) is 0 Å². The van der Waals surface area contributed by atoms with Crippen LogP contribution in [0.15, 0.2) is 44.4 Å². The summed E-state index contributed by atoms with van der Waals surface area (Å²) in [5.41, 5.74) is 0.758. The van der Waals surface area contributed by atoms with Crippen molar-refractivity contribution < 1.29 is 13.5 Å². The molecule has 1 N–H and O–H groups in total. The van der Waals surface area contributed by atoms with Gasteiger partial charge in [0.2, 0.25) is 0 Å². The van der Waals surface area contributed by atoms with Crippen molar-refractivity contribution in [1.82, 2.24) is 4.31 Å². The number of rotatable bonds is 5. The van der Waals surface area contributed by atoms with Crippen molar-refractivity contribution >= 4 is 37.3 Å². The highest BCUT2D eigenvalue weighted by Crippen LogP contribution is 2.34. The topological polar surface area (TPSA) is 57.6 Å². The van der Waals surface area contributed by atoms with Gasteiger partial charge in [-0.2, -0.15) is 4.31 Å². The van der Waals surface area contributed by atoms with Gasteiger partial charge in [0.15, 0.2) is 0 Å². The van der Waals surface area contributed by atoms with Gasteiger partial charge in [0.05, 0.1) is 0 Å². The molecule has 1 aromatic heterocycles. The Hall–Kier alpha value is -0.890. The van der Waals surface area contributed by atoms with Crippen molar-refractivity contribution in [2.24, 2.45) is 0 Å². The van der Waals surface area contributed by atoms with Gasteiger partial charge in [0, 0.05) is 17.1 Å². The summed E-state index contributed by atoms with van der Waals surface area (Å²) in [6.45, 7) is 3.97. The average Bonchev–Trinajstić information content (AvgIpc) is 2.86. The number of phenols is 1. The van der Waals surface area contributed by atoms with Gasteiger partial charge in [-0.1, -0.05) is 19.1 Å². The van der Waals surface area contributed by atoms with Crippen molar-refractivity contribution in [3.63, 3.8) is 0 Å². The minimum absolute atomic E-state index is 0.130. The van der Waals surface area contributed by atoms with Gasteiger partial charge >= 0.3 is 0 Å². The van der Waals surface area contributed by atoms with Crippen molar-refractivity contribution in [2.75, 3.05) is 6.54 Å². The molecule has 114 valence electrons. The SMILES string of the molecule is CCN(C(C)c1cccc(O)c1)S(=O)(=O)c1sccc1Br. The maximum absolute atomic E-state index is 12.8. The number of hydrogen-bond donors (Lipinski definition) is 1. The van der Waals surface area contributed by atoms with Gasteiger partial charge < -0.3 is 5.11 Å². The molecule has 21 heavy (non-hydrogen) atoms. The van der Waals surface area contributed by atoms with Gasteiger partial charge in [-0.15, -0.1) is 11.3 Å².